The van der Waals surface area contributed by atoms with E-state index in [9.17, 15) is 4.79 Å². The fourth-order valence-corrected chi connectivity index (χ4v) is 3.64. The molecule has 3 heterocycles. The topological polar surface area (TPSA) is 65.6 Å². The third-order valence-corrected chi connectivity index (χ3v) is 5.15. The van der Waals surface area contributed by atoms with Crippen molar-refractivity contribution in [3.63, 3.8) is 0 Å². The van der Waals surface area contributed by atoms with Crippen LogP contribution in [-0.2, 0) is 14.1 Å². The lowest BCUT2D eigenvalue weighted by Gasteiger charge is -2.09. The van der Waals surface area contributed by atoms with E-state index in [1.807, 2.05) is 60.3 Å². The third kappa shape index (κ3) is 2.42. The van der Waals surface area contributed by atoms with Crippen molar-refractivity contribution in [2.24, 2.45) is 14.1 Å². The Labute approximate surface area is 160 Å². The average molecular weight is 367 g/mol. The van der Waals surface area contributed by atoms with Crippen molar-refractivity contribution in [1.29, 1.82) is 0 Å². The molecule has 0 saturated carbocycles. The quantitative estimate of drug-likeness (QED) is 0.479. The number of aromatic nitrogens is 5. The summed E-state index contributed by atoms with van der Waals surface area (Å²) in [5.41, 5.74) is 5.80. The van der Waals surface area contributed by atoms with Crippen molar-refractivity contribution in [3.8, 4) is 22.4 Å². The van der Waals surface area contributed by atoms with Crippen LogP contribution in [0.3, 0.4) is 0 Å². The molecule has 0 unspecified atom stereocenters. The van der Waals surface area contributed by atoms with Crippen LogP contribution in [0, 0.1) is 0 Å². The zero-order chi connectivity index (χ0) is 19.3. The van der Waals surface area contributed by atoms with Crippen LogP contribution in [0.4, 0.5) is 0 Å². The summed E-state index contributed by atoms with van der Waals surface area (Å²) in [6.07, 6.45) is 5.12. The minimum Gasteiger partial charge on any atom is -0.285 e. The lowest BCUT2D eigenvalue weighted by atomic mass is 9.99. The maximum absolute atomic E-state index is 13.1. The summed E-state index contributed by atoms with van der Waals surface area (Å²) in [6, 6.07) is 15.7. The first-order valence-corrected chi connectivity index (χ1v) is 8.96. The van der Waals surface area contributed by atoms with E-state index in [4.69, 9.17) is 0 Å². The predicted molar refractivity (Wildman–Crippen MR) is 110 cm³/mol. The number of pyridine rings is 1. The molecule has 0 aliphatic carbocycles. The van der Waals surface area contributed by atoms with Crippen LogP contribution in [0.5, 0.6) is 0 Å². The number of hydrogen-bond donors (Lipinski definition) is 0. The Kier molecular flexibility index (Phi) is 3.58. The molecule has 5 aromatic rings. The molecule has 0 amide bonds. The van der Waals surface area contributed by atoms with Crippen LogP contribution in [-0.4, -0.2) is 24.3 Å². The van der Waals surface area contributed by atoms with Gasteiger partial charge in [-0.2, -0.15) is 0 Å². The van der Waals surface area contributed by atoms with Crippen molar-refractivity contribution in [1.82, 2.24) is 24.3 Å². The highest BCUT2D eigenvalue weighted by atomic mass is 16.1. The minimum atomic E-state index is -0.0417. The summed E-state index contributed by atoms with van der Waals surface area (Å²) in [6.45, 7) is 0. The van der Waals surface area contributed by atoms with Gasteiger partial charge in [-0.25, -0.2) is 0 Å². The zero-order valence-electron chi connectivity index (χ0n) is 15.5. The lowest BCUT2D eigenvalue weighted by Crippen LogP contribution is -2.17. The van der Waals surface area contributed by atoms with Crippen molar-refractivity contribution < 1.29 is 0 Å². The molecule has 0 aliphatic rings. The van der Waals surface area contributed by atoms with Crippen LogP contribution in [0.25, 0.3) is 44.3 Å². The van der Waals surface area contributed by atoms with Gasteiger partial charge in [0.25, 0.3) is 5.56 Å². The molecule has 0 aliphatic heterocycles. The van der Waals surface area contributed by atoms with Crippen molar-refractivity contribution in [3.05, 3.63) is 77.5 Å². The lowest BCUT2D eigenvalue weighted by molar-refractivity contribution is 0.584. The Balaban J connectivity index is 1.80. The van der Waals surface area contributed by atoms with Gasteiger partial charge in [0.1, 0.15) is 0 Å². The average Bonchev–Trinajstić information content (AvgIpc) is 2.97. The first-order chi connectivity index (χ1) is 13.6. The first kappa shape index (κ1) is 16.4. The van der Waals surface area contributed by atoms with E-state index in [0.717, 1.165) is 38.8 Å². The summed E-state index contributed by atoms with van der Waals surface area (Å²) in [7, 11) is 3.67. The number of rotatable bonds is 2. The van der Waals surface area contributed by atoms with Gasteiger partial charge >= 0.3 is 0 Å². The molecule has 136 valence electrons. The largest absolute Gasteiger partial charge is 0.285 e. The molecule has 6 heteroatoms. The highest BCUT2D eigenvalue weighted by molar-refractivity contribution is 5.90. The maximum Gasteiger partial charge on any atom is 0.274 e. The van der Waals surface area contributed by atoms with E-state index in [2.05, 4.69) is 15.0 Å². The SMILES string of the molecule is Cn1c(-c2ccc3nccnc3c2)c(-c2ccc3ncccc3c2)c(=O)n1C. The second-order valence-corrected chi connectivity index (χ2v) is 6.75. The van der Waals surface area contributed by atoms with E-state index in [1.54, 1.807) is 30.3 Å². The molecule has 0 spiro atoms. The third-order valence-electron chi connectivity index (χ3n) is 5.15. The van der Waals surface area contributed by atoms with Gasteiger partial charge in [-0.15, -0.1) is 0 Å². The standard InChI is InChI=1S/C22H17N5O/c1-26-21(16-6-8-18-19(13-16)25-11-10-24-18)20(22(28)27(26)2)15-5-7-17-14(12-15)4-3-9-23-17/h3-13H,1-2H3. The smallest absolute Gasteiger partial charge is 0.274 e. The Bertz CT molecular complexity index is 1410. The van der Waals surface area contributed by atoms with E-state index >= 15 is 0 Å². The molecule has 5 rings (SSSR count). The van der Waals surface area contributed by atoms with E-state index in [0.29, 0.717) is 5.56 Å². The fraction of sp³-hybridized carbons (Fsp3) is 0.0909. The number of hydrogen-bond acceptors (Lipinski definition) is 4. The molecule has 0 radical (unpaired) electrons. The second-order valence-electron chi connectivity index (χ2n) is 6.75. The summed E-state index contributed by atoms with van der Waals surface area (Å²) in [4.78, 5) is 26.2. The first-order valence-electron chi connectivity index (χ1n) is 8.96. The Hall–Kier alpha value is -3.80. The minimum absolute atomic E-state index is 0.0417. The van der Waals surface area contributed by atoms with Gasteiger partial charge in [0.15, 0.2) is 0 Å². The summed E-state index contributed by atoms with van der Waals surface area (Å²) in [5.74, 6) is 0. The van der Waals surface area contributed by atoms with Gasteiger partial charge < -0.3 is 0 Å². The normalized spacial score (nSPS) is 11.4. The molecule has 0 fully saturated rings. The monoisotopic (exact) mass is 367 g/mol. The van der Waals surface area contributed by atoms with E-state index in [1.165, 1.54) is 0 Å². The fourth-order valence-electron chi connectivity index (χ4n) is 3.64. The molecule has 0 N–H and O–H groups in total. The van der Waals surface area contributed by atoms with Crippen molar-refractivity contribution >= 4 is 21.9 Å². The molecule has 2 aromatic carbocycles. The molecule has 0 bridgehead atoms. The number of benzene rings is 2. The maximum atomic E-state index is 13.1. The van der Waals surface area contributed by atoms with Gasteiger partial charge in [-0.1, -0.05) is 18.2 Å². The summed E-state index contributed by atoms with van der Waals surface area (Å²) in [5, 5.41) is 1.00. The molecular formula is C22H17N5O. The Morgan fingerprint density at radius 1 is 0.714 bits per heavy atom. The van der Waals surface area contributed by atoms with Crippen LogP contribution < -0.4 is 5.56 Å². The van der Waals surface area contributed by atoms with Crippen LogP contribution in [0.1, 0.15) is 0 Å². The van der Waals surface area contributed by atoms with Crippen molar-refractivity contribution in [2.75, 3.05) is 0 Å². The van der Waals surface area contributed by atoms with Gasteiger partial charge in [0.05, 0.1) is 27.8 Å². The van der Waals surface area contributed by atoms with Crippen LogP contribution in [0.2, 0.25) is 0 Å². The zero-order valence-corrected chi connectivity index (χ0v) is 15.5. The van der Waals surface area contributed by atoms with Gasteiger partial charge in [0.2, 0.25) is 0 Å². The number of fused-ring (bicyclic) bond motifs is 2. The van der Waals surface area contributed by atoms with Crippen molar-refractivity contribution in [2.45, 2.75) is 0 Å². The second kappa shape index (κ2) is 6.13. The highest BCUT2D eigenvalue weighted by Gasteiger charge is 2.20. The summed E-state index contributed by atoms with van der Waals surface area (Å²) >= 11 is 0. The van der Waals surface area contributed by atoms with Crippen LogP contribution in [0.15, 0.2) is 71.9 Å². The Morgan fingerprint density at radius 2 is 1.43 bits per heavy atom. The molecule has 3 aromatic heterocycles. The predicted octanol–water partition coefficient (Wildman–Crippen LogP) is 3.55. The Morgan fingerprint density at radius 3 is 2.29 bits per heavy atom. The van der Waals surface area contributed by atoms with Gasteiger partial charge in [-0.05, 0) is 35.9 Å². The van der Waals surface area contributed by atoms with Crippen LogP contribution >= 0.6 is 0 Å². The van der Waals surface area contributed by atoms with E-state index < -0.39 is 0 Å². The molecular weight excluding hydrogens is 350 g/mol. The van der Waals surface area contributed by atoms with E-state index in [-0.39, 0.29) is 5.56 Å². The van der Waals surface area contributed by atoms with Gasteiger partial charge in [-0.3, -0.25) is 29.1 Å². The number of nitrogens with zero attached hydrogens (tertiary/aromatic N) is 5. The molecule has 0 saturated heterocycles. The van der Waals surface area contributed by atoms with Gasteiger partial charge in [0, 0.05) is 43.6 Å². The highest BCUT2D eigenvalue weighted by Crippen LogP contribution is 2.32. The molecule has 28 heavy (non-hydrogen) atoms. The molecule has 6 nitrogen and oxygen atoms in total. The molecule has 0 atom stereocenters. The summed E-state index contributed by atoms with van der Waals surface area (Å²) < 4.78 is 3.50.